The molecule has 9 heteroatoms. The smallest absolute Gasteiger partial charge is 0.410 e. The molecule has 1 saturated heterocycles. The van der Waals surface area contributed by atoms with E-state index in [0.717, 1.165) is 5.69 Å². The van der Waals surface area contributed by atoms with Crippen LogP contribution in [0, 0.1) is 17.2 Å². The molecule has 32 heavy (non-hydrogen) atoms. The molecule has 0 unspecified atom stereocenters. The maximum absolute atomic E-state index is 12.6. The number of nitrogens with one attached hydrogen (secondary N) is 1. The minimum Gasteiger partial charge on any atom is -0.444 e. The highest BCUT2D eigenvalue weighted by Crippen LogP contribution is 2.39. The number of anilines is 2. The van der Waals surface area contributed by atoms with E-state index >= 15 is 0 Å². The maximum atomic E-state index is 12.6. The molecule has 1 aromatic carbocycles. The number of aromatic nitrogens is 2. The van der Waals surface area contributed by atoms with Gasteiger partial charge in [-0.3, -0.25) is 9.48 Å². The van der Waals surface area contributed by atoms with Gasteiger partial charge in [0.05, 0.1) is 18.0 Å². The topological polar surface area (TPSA) is 126 Å². The normalized spacial score (nSPS) is 21.0. The average Bonchev–Trinajstić information content (AvgIpc) is 3.13. The summed E-state index contributed by atoms with van der Waals surface area (Å²) >= 11 is 0. The molecule has 9 nitrogen and oxygen atoms in total. The second-order valence-electron chi connectivity index (χ2n) is 9.21. The Morgan fingerprint density at radius 3 is 2.59 bits per heavy atom. The van der Waals surface area contributed by atoms with Crippen LogP contribution in [0.5, 0.6) is 0 Å². The van der Waals surface area contributed by atoms with Crippen LogP contribution in [0.25, 0.3) is 0 Å². The molecule has 1 aromatic heterocycles. The molecule has 2 aromatic rings. The number of nitrogens with zero attached hydrogens (tertiary/aromatic N) is 4. The van der Waals surface area contributed by atoms with E-state index in [1.165, 1.54) is 0 Å². The van der Waals surface area contributed by atoms with Crippen molar-refractivity contribution in [1.29, 1.82) is 5.26 Å². The number of amides is 2. The van der Waals surface area contributed by atoms with Gasteiger partial charge in [0, 0.05) is 30.9 Å². The maximum Gasteiger partial charge on any atom is 0.410 e. The van der Waals surface area contributed by atoms with Crippen LogP contribution in [0.4, 0.5) is 16.3 Å². The Balaban J connectivity index is 1.91. The fraction of sp³-hybridized carbons (Fsp3) is 0.478. The molecule has 1 aliphatic heterocycles. The van der Waals surface area contributed by atoms with E-state index in [-0.39, 0.29) is 24.0 Å². The lowest BCUT2D eigenvalue weighted by Gasteiger charge is -2.45. The number of nitriles is 1. The van der Waals surface area contributed by atoms with Gasteiger partial charge in [-0.2, -0.15) is 10.4 Å². The molecule has 170 valence electrons. The molecule has 2 heterocycles. The van der Waals surface area contributed by atoms with E-state index < -0.39 is 17.0 Å². The van der Waals surface area contributed by atoms with Crippen molar-refractivity contribution >= 4 is 23.5 Å². The van der Waals surface area contributed by atoms with E-state index in [4.69, 9.17) is 10.5 Å². The molecule has 1 fully saturated rings. The van der Waals surface area contributed by atoms with Gasteiger partial charge in [0.1, 0.15) is 11.2 Å². The highest BCUT2D eigenvalue weighted by molar-refractivity contribution is 5.98. The fourth-order valence-corrected chi connectivity index (χ4v) is 4.01. The minimum atomic E-state index is -0.686. The van der Waals surface area contributed by atoms with Crippen molar-refractivity contribution in [2.45, 2.75) is 51.7 Å². The minimum absolute atomic E-state index is 0.117. The van der Waals surface area contributed by atoms with E-state index in [1.807, 2.05) is 58.0 Å². The van der Waals surface area contributed by atoms with Gasteiger partial charge in [-0.1, -0.05) is 25.1 Å². The second kappa shape index (κ2) is 8.91. The molecular weight excluding hydrogens is 408 g/mol. The van der Waals surface area contributed by atoms with E-state index in [2.05, 4.69) is 16.5 Å². The molecule has 2 atom stereocenters. The first-order valence-corrected chi connectivity index (χ1v) is 10.6. The summed E-state index contributed by atoms with van der Waals surface area (Å²) in [6, 6.07) is 11.6. The molecule has 1 aliphatic rings. The number of benzene rings is 1. The molecule has 3 N–H and O–H groups in total. The van der Waals surface area contributed by atoms with Gasteiger partial charge in [0.2, 0.25) is 0 Å². The molecular formula is C23H30N6O3. The van der Waals surface area contributed by atoms with Crippen LogP contribution >= 0.6 is 0 Å². The zero-order valence-corrected chi connectivity index (χ0v) is 19.0. The first-order chi connectivity index (χ1) is 15.1. The predicted octanol–water partition coefficient (Wildman–Crippen LogP) is 3.61. The van der Waals surface area contributed by atoms with Crippen LogP contribution in [-0.4, -0.2) is 45.4 Å². The Kier molecular flexibility index (Phi) is 6.44. The highest BCUT2D eigenvalue weighted by Gasteiger charge is 2.45. The number of ether oxygens (including phenoxy) is 1. The quantitative estimate of drug-likeness (QED) is 0.734. The third kappa shape index (κ3) is 4.85. The third-order valence-corrected chi connectivity index (χ3v) is 5.74. The predicted molar refractivity (Wildman–Crippen MR) is 120 cm³/mol. The lowest BCUT2D eigenvalue weighted by molar-refractivity contribution is -0.00458. The highest BCUT2D eigenvalue weighted by atomic mass is 16.6. The summed E-state index contributed by atoms with van der Waals surface area (Å²) in [5, 5.41) is 17.4. The Labute approximate surface area is 188 Å². The van der Waals surface area contributed by atoms with Crippen LogP contribution in [-0.2, 0) is 10.3 Å². The molecule has 0 radical (unpaired) electrons. The van der Waals surface area contributed by atoms with Crippen LogP contribution in [0.15, 0.2) is 36.5 Å². The SMILES string of the molecule is C[C@@H]1CN(C(=O)OC(C)(C)C)CC[C@]1(CC#N)n1cc(C(N)=O)c(Nc2ccccc2)n1. The number of para-hydroxylation sites is 1. The number of carbonyl (C=O) groups is 2. The van der Waals surface area contributed by atoms with Gasteiger partial charge in [-0.25, -0.2) is 4.79 Å². The molecule has 0 spiro atoms. The van der Waals surface area contributed by atoms with Crippen molar-refractivity contribution in [3.05, 3.63) is 42.1 Å². The van der Waals surface area contributed by atoms with Crippen molar-refractivity contribution in [2.24, 2.45) is 11.7 Å². The number of primary amides is 1. The van der Waals surface area contributed by atoms with Crippen molar-refractivity contribution in [2.75, 3.05) is 18.4 Å². The molecule has 0 saturated carbocycles. The summed E-state index contributed by atoms with van der Waals surface area (Å²) in [5.41, 5.74) is 5.35. The number of carbonyl (C=O) groups excluding carboxylic acids is 2. The van der Waals surface area contributed by atoms with Crippen LogP contribution in [0.2, 0.25) is 0 Å². The van der Waals surface area contributed by atoms with Gasteiger partial charge in [-0.15, -0.1) is 0 Å². The number of rotatable bonds is 5. The van der Waals surface area contributed by atoms with Crippen LogP contribution in [0.3, 0.4) is 0 Å². The molecule has 0 aliphatic carbocycles. The van der Waals surface area contributed by atoms with Gasteiger partial charge < -0.3 is 20.7 Å². The Bertz CT molecular complexity index is 1020. The largest absolute Gasteiger partial charge is 0.444 e. The van der Waals surface area contributed by atoms with E-state index in [0.29, 0.717) is 25.3 Å². The summed E-state index contributed by atoms with van der Waals surface area (Å²) in [6.07, 6.45) is 1.90. The van der Waals surface area contributed by atoms with Gasteiger partial charge >= 0.3 is 6.09 Å². The Hall–Kier alpha value is -3.54. The van der Waals surface area contributed by atoms with E-state index in [9.17, 15) is 14.9 Å². The van der Waals surface area contributed by atoms with Crippen molar-refractivity contribution in [1.82, 2.24) is 14.7 Å². The number of hydrogen-bond acceptors (Lipinski definition) is 6. The Morgan fingerprint density at radius 2 is 2.03 bits per heavy atom. The zero-order valence-electron chi connectivity index (χ0n) is 19.0. The van der Waals surface area contributed by atoms with Crippen LogP contribution in [0.1, 0.15) is 50.9 Å². The van der Waals surface area contributed by atoms with E-state index in [1.54, 1.807) is 15.8 Å². The first-order valence-electron chi connectivity index (χ1n) is 10.6. The summed E-state index contributed by atoms with van der Waals surface area (Å²) < 4.78 is 7.19. The fourth-order valence-electron chi connectivity index (χ4n) is 4.01. The standard InChI is InChI=1S/C23H30N6O3/c1-16-14-28(21(31)32-22(2,3)4)13-11-23(16,10-12-24)29-15-18(19(25)30)20(27-29)26-17-8-6-5-7-9-17/h5-9,15-16H,10-11,13-14H2,1-4H3,(H2,25,30)(H,26,27)/t16-,23+/m1/s1. The van der Waals surface area contributed by atoms with Crippen LogP contribution < -0.4 is 11.1 Å². The summed E-state index contributed by atoms with van der Waals surface area (Å²) in [7, 11) is 0. The summed E-state index contributed by atoms with van der Waals surface area (Å²) in [6.45, 7) is 8.28. The Morgan fingerprint density at radius 1 is 1.34 bits per heavy atom. The summed E-state index contributed by atoms with van der Waals surface area (Å²) in [4.78, 5) is 26.3. The monoisotopic (exact) mass is 438 g/mol. The molecule has 2 amide bonds. The van der Waals surface area contributed by atoms with Crippen molar-refractivity contribution < 1.29 is 14.3 Å². The van der Waals surface area contributed by atoms with Crippen molar-refractivity contribution in [3.63, 3.8) is 0 Å². The third-order valence-electron chi connectivity index (χ3n) is 5.74. The molecule has 0 bridgehead atoms. The summed E-state index contributed by atoms with van der Waals surface area (Å²) in [5.74, 6) is -0.392. The first kappa shape index (κ1) is 23.1. The van der Waals surface area contributed by atoms with Gasteiger partial charge in [0.25, 0.3) is 5.91 Å². The zero-order chi connectivity index (χ0) is 23.5. The van der Waals surface area contributed by atoms with Gasteiger partial charge in [0.15, 0.2) is 5.82 Å². The van der Waals surface area contributed by atoms with Gasteiger partial charge in [-0.05, 0) is 39.3 Å². The number of nitrogens with two attached hydrogens (primary N) is 1. The number of hydrogen-bond donors (Lipinski definition) is 2. The lowest BCUT2D eigenvalue weighted by atomic mass is 9.77. The average molecular weight is 439 g/mol. The van der Waals surface area contributed by atoms with Crippen molar-refractivity contribution in [3.8, 4) is 6.07 Å². The second-order valence-corrected chi connectivity index (χ2v) is 9.21. The lowest BCUT2D eigenvalue weighted by Crippen LogP contribution is -2.54. The molecule has 3 rings (SSSR count). The number of piperidine rings is 1. The number of likely N-dealkylation sites (tertiary alicyclic amines) is 1.